The van der Waals surface area contributed by atoms with Gasteiger partial charge in [0.1, 0.15) is 0 Å². The van der Waals surface area contributed by atoms with Crippen LogP contribution in [0.15, 0.2) is 29.2 Å². The van der Waals surface area contributed by atoms with E-state index in [0.29, 0.717) is 11.6 Å². The molecule has 1 aromatic carbocycles. The second kappa shape index (κ2) is 6.17. The molecule has 1 rings (SSSR count). The first-order valence-corrected chi connectivity index (χ1v) is 7.28. The van der Waals surface area contributed by atoms with Crippen LogP contribution in [0.4, 0.5) is 0 Å². The number of carbonyl (C=O) groups excluding carboxylic acids is 1. The summed E-state index contributed by atoms with van der Waals surface area (Å²) >= 11 is 5.68. The van der Waals surface area contributed by atoms with Crippen LogP contribution in [0.3, 0.4) is 0 Å². The summed E-state index contributed by atoms with van der Waals surface area (Å²) in [6.07, 6.45) is 0. The van der Waals surface area contributed by atoms with Gasteiger partial charge in [0.15, 0.2) is 0 Å². The van der Waals surface area contributed by atoms with E-state index in [2.05, 4.69) is 10.0 Å². The monoisotopic (exact) mass is 290 g/mol. The van der Waals surface area contributed by atoms with Gasteiger partial charge in [0, 0.05) is 11.6 Å². The lowest BCUT2D eigenvalue weighted by atomic mass is 10.3. The Morgan fingerprint density at radius 2 is 1.89 bits per heavy atom. The molecule has 0 aliphatic heterocycles. The predicted octanol–water partition coefficient (Wildman–Crippen LogP) is 1.14. The number of halogens is 1. The summed E-state index contributed by atoms with van der Waals surface area (Å²) in [7, 11) is -3.71. The van der Waals surface area contributed by atoms with Gasteiger partial charge in [-0.3, -0.25) is 4.79 Å². The predicted molar refractivity (Wildman–Crippen MR) is 69.9 cm³/mol. The second-order valence-electron chi connectivity index (χ2n) is 3.69. The maximum atomic E-state index is 11.9. The van der Waals surface area contributed by atoms with Gasteiger partial charge in [0.25, 0.3) is 0 Å². The molecule has 0 unspecified atom stereocenters. The minimum absolute atomic E-state index is 0.0723. The van der Waals surface area contributed by atoms with Crippen molar-refractivity contribution in [3.8, 4) is 0 Å². The van der Waals surface area contributed by atoms with Crippen LogP contribution in [0.25, 0.3) is 0 Å². The van der Waals surface area contributed by atoms with Gasteiger partial charge in [-0.1, -0.05) is 11.6 Å². The molecule has 0 aliphatic carbocycles. The summed E-state index contributed by atoms with van der Waals surface area (Å²) in [6, 6.07) is 4.90. The van der Waals surface area contributed by atoms with Crippen LogP contribution in [-0.2, 0) is 14.8 Å². The molecule has 1 atom stereocenters. The summed E-state index contributed by atoms with van der Waals surface area (Å²) in [5.74, 6) is -0.366. The van der Waals surface area contributed by atoms with Crippen molar-refractivity contribution in [1.29, 1.82) is 0 Å². The van der Waals surface area contributed by atoms with E-state index in [4.69, 9.17) is 11.6 Å². The van der Waals surface area contributed by atoms with Gasteiger partial charge in [-0.25, -0.2) is 8.42 Å². The van der Waals surface area contributed by atoms with Gasteiger partial charge >= 0.3 is 0 Å². The fourth-order valence-electron chi connectivity index (χ4n) is 1.30. The average Bonchev–Trinajstić information content (AvgIpc) is 2.29. The van der Waals surface area contributed by atoms with Crippen molar-refractivity contribution < 1.29 is 13.2 Å². The summed E-state index contributed by atoms with van der Waals surface area (Å²) in [5, 5.41) is 2.99. The average molecular weight is 291 g/mol. The topological polar surface area (TPSA) is 75.3 Å². The number of amides is 1. The van der Waals surface area contributed by atoms with E-state index in [9.17, 15) is 13.2 Å². The van der Waals surface area contributed by atoms with Crippen LogP contribution in [0, 0.1) is 0 Å². The fourth-order valence-corrected chi connectivity index (χ4v) is 2.62. The highest BCUT2D eigenvalue weighted by atomic mass is 35.5. The highest BCUT2D eigenvalue weighted by Gasteiger charge is 2.21. The lowest BCUT2D eigenvalue weighted by Gasteiger charge is -2.13. The van der Waals surface area contributed by atoms with Crippen molar-refractivity contribution in [1.82, 2.24) is 10.0 Å². The Hall–Kier alpha value is -1.11. The third-order valence-corrected chi connectivity index (χ3v) is 4.01. The Labute approximate surface area is 112 Å². The summed E-state index contributed by atoms with van der Waals surface area (Å²) in [5.41, 5.74) is 0. The Morgan fingerprint density at radius 3 is 2.39 bits per heavy atom. The van der Waals surface area contributed by atoms with E-state index in [1.54, 1.807) is 6.92 Å². The molecule has 0 bridgehead atoms. The Kier molecular flexibility index (Phi) is 5.13. The molecule has 0 saturated heterocycles. The molecule has 1 amide bonds. The Bertz CT molecular complexity index is 514. The summed E-state index contributed by atoms with van der Waals surface area (Å²) in [6.45, 7) is 3.70. The molecule has 2 N–H and O–H groups in total. The Morgan fingerprint density at radius 1 is 1.33 bits per heavy atom. The van der Waals surface area contributed by atoms with E-state index in [1.807, 2.05) is 0 Å². The maximum Gasteiger partial charge on any atom is 0.241 e. The standard InChI is InChI=1S/C11H15ClN2O3S/c1-3-13-11(15)8(2)14-18(16,17)10-6-4-9(12)5-7-10/h4-8,14H,3H2,1-2H3,(H,13,15)/t8-/m1/s1. The zero-order valence-corrected chi connectivity index (χ0v) is 11.7. The van der Waals surface area contributed by atoms with Gasteiger partial charge in [-0.15, -0.1) is 0 Å². The van der Waals surface area contributed by atoms with Crippen molar-refractivity contribution in [2.75, 3.05) is 6.54 Å². The number of likely N-dealkylation sites (N-methyl/N-ethyl adjacent to an activating group) is 1. The molecule has 18 heavy (non-hydrogen) atoms. The summed E-state index contributed by atoms with van der Waals surface area (Å²) < 4.78 is 26.2. The lowest BCUT2D eigenvalue weighted by molar-refractivity contribution is -0.122. The van der Waals surface area contributed by atoms with Crippen LogP contribution >= 0.6 is 11.6 Å². The third kappa shape index (κ3) is 3.97. The molecule has 0 aromatic heterocycles. The van der Waals surface area contributed by atoms with Crippen molar-refractivity contribution in [2.45, 2.75) is 24.8 Å². The zero-order chi connectivity index (χ0) is 13.8. The number of carbonyl (C=O) groups is 1. The van der Waals surface area contributed by atoms with E-state index in [-0.39, 0.29) is 10.8 Å². The number of nitrogens with one attached hydrogen (secondary N) is 2. The molecule has 0 heterocycles. The minimum Gasteiger partial charge on any atom is -0.355 e. The van der Waals surface area contributed by atoms with E-state index >= 15 is 0 Å². The molecule has 0 aliphatic rings. The van der Waals surface area contributed by atoms with Crippen LogP contribution < -0.4 is 10.0 Å². The van der Waals surface area contributed by atoms with Crippen LogP contribution in [0.1, 0.15) is 13.8 Å². The third-order valence-electron chi connectivity index (χ3n) is 2.20. The van der Waals surface area contributed by atoms with Crippen molar-refractivity contribution in [3.05, 3.63) is 29.3 Å². The van der Waals surface area contributed by atoms with Gasteiger partial charge in [0.2, 0.25) is 15.9 Å². The molecule has 1 aromatic rings. The first-order valence-electron chi connectivity index (χ1n) is 5.42. The SMILES string of the molecule is CCNC(=O)[C@@H](C)NS(=O)(=O)c1ccc(Cl)cc1. The van der Waals surface area contributed by atoms with Gasteiger partial charge < -0.3 is 5.32 Å². The first kappa shape index (κ1) is 14.9. The minimum atomic E-state index is -3.71. The van der Waals surface area contributed by atoms with Gasteiger partial charge in [-0.2, -0.15) is 4.72 Å². The maximum absolute atomic E-state index is 11.9. The van der Waals surface area contributed by atoms with Gasteiger partial charge in [0.05, 0.1) is 10.9 Å². The number of benzene rings is 1. The molecule has 0 saturated carbocycles. The number of hydrogen-bond acceptors (Lipinski definition) is 3. The molecule has 100 valence electrons. The molecular formula is C11H15ClN2O3S. The number of hydrogen-bond donors (Lipinski definition) is 2. The van der Waals surface area contributed by atoms with Crippen LogP contribution in [-0.4, -0.2) is 26.9 Å². The van der Waals surface area contributed by atoms with Crippen molar-refractivity contribution in [2.24, 2.45) is 0 Å². The lowest BCUT2D eigenvalue weighted by Crippen LogP contribution is -2.44. The largest absolute Gasteiger partial charge is 0.355 e. The number of rotatable bonds is 5. The van der Waals surface area contributed by atoms with Gasteiger partial charge in [-0.05, 0) is 38.1 Å². The van der Waals surface area contributed by atoms with Crippen LogP contribution in [0.5, 0.6) is 0 Å². The highest BCUT2D eigenvalue weighted by Crippen LogP contribution is 2.14. The van der Waals surface area contributed by atoms with E-state index in [0.717, 1.165) is 0 Å². The van der Waals surface area contributed by atoms with E-state index < -0.39 is 16.1 Å². The number of sulfonamides is 1. The first-order chi connectivity index (χ1) is 8.36. The molecular weight excluding hydrogens is 276 g/mol. The van der Waals surface area contributed by atoms with E-state index in [1.165, 1.54) is 31.2 Å². The summed E-state index contributed by atoms with van der Waals surface area (Å²) in [4.78, 5) is 11.5. The Balaban J connectivity index is 2.82. The fraction of sp³-hybridized carbons (Fsp3) is 0.364. The molecule has 5 nitrogen and oxygen atoms in total. The molecule has 0 fully saturated rings. The zero-order valence-electron chi connectivity index (χ0n) is 10.1. The molecule has 0 radical (unpaired) electrons. The second-order valence-corrected chi connectivity index (χ2v) is 5.84. The van der Waals surface area contributed by atoms with Crippen molar-refractivity contribution >= 4 is 27.5 Å². The van der Waals surface area contributed by atoms with Crippen molar-refractivity contribution in [3.63, 3.8) is 0 Å². The normalized spacial score (nSPS) is 13.1. The highest BCUT2D eigenvalue weighted by molar-refractivity contribution is 7.89. The molecule has 0 spiro atoms. The van der Waals surface area contributed by atoms with Crippen LogP contribution in [0.2, 0.25) is 5.02 Å². The smallest absolute Gasteiger partial charge is 0.241 e. The molecule has 7 heteroatoms. The quantitative estimate of drug-likeness (QED) is 0.854.